The molecule has 0 heterocycles. The van der Waals surface area contributed by atoms with Crippen LogP contribution in [0.15, 0.2) is 18.2 Å². The van der Waals surface area contributed by atoms with Crippen molar-refractivity contribution in [1.82, 2.24) is 16.0 Å². The lowest BCUT2D eigenvalue weighted by Crippen LogP contribution is -2.42. The van der Waals surface area contributed by atoms with Gasteiger partial charge in [0.05, 0.1) is 0 Å². The molecule has 0 saturated carbocycles. The van der Waals surface area contributed by atoms with E-state index in [2.05, 4.69) is 48.0 Å². The Kier molecular flexibility index (Phi) is 7.43. The third-order valence-electron chi connectivity index (χ3n) is 3.21. The number of nitrogens with one attached hydrogen (secondary N) is 3. The first kappa shape index (κ1) is 18.0. The molecule has 1 aromatic carbocycles. The van der Waals surface area contributed by atoms with Gasteiger partial charge in [0.25, 0.3) is 0 Å². The maximum Gasteiger partial charge on any atom is 0.315 e. The van der Waals surface area contributed by atoms with E-state index in [1.54, 1.807) is 0 Å². The summed E-state index contributed by atoms with van der Waals surface area (Å²) in [5.41, 5.74) is 3.71. The fourth-order valence-corrected chi connectivity index (χ4v) is 2.42. The van der Waals surface area contributed by atoms with Gasteiger partial charge in [-0.05, 0) is 39.2 Å². The van der Waals surface area contributed by atoms with Crippen LogP contribution in [0.2, 0.25) is 0 Å². The first-order chi connectivity index (χ1) is 10.4. The van der Waals surface area contributed by atoms with Gasteiger partial charge in [-0.3, -0.25) is 4.79 Å². The van der Waals surface area contributed by atoms with Gasteiger partial charge < -0.3 is 16.0 Å². The van der Waals surface area contributed by atoms with E-state index in [-0.39, 0.29) is 18.0 Å². The lowest BCUT2D eigenvalue weighted by Gasteiger charge is -2.15. The topological polar surface area (TPSA) is 70.2 Å². The van der Waals surface area contributed by atoms with Gasteiger partial charge in [0, 0.05) is 26.1 Å². The number of carbonyl (C=O) groups excluding carboxylic acids is 2. The van der Waals surface area contributed by atoms with Gasteiger partial charge >= 0.3 is 6.03 Å². The highest BCUT2D eigenvalue weighted by atomic mass is 16.2. The van der Waals surface area contributed by atoms with E-state index in [1.165, 1.54) is 23.6 Å². The molecule has 122 valence electrons. The van der Waals surface area contributed by atoms with Crippen LogP contribution < -0.4 is 16.0 Å². The molecule has 0 spiro atoms. The number of urea groups is 1. The number of hydrogen-bond acceptors (Lipinski definition) is 2. The van der Waals surface area contributed by atoms with Crippen molar-refractivity contribution in [2.24, 2.45) is 0 Å². The Bertz CT molecular complexity index is 494. The van der Waals surface area contributed by atoms with E-state index in [9.17, 15) is 9.59 Å². The van der Waals surface area contributed by atoms with E-state index in [0.29, 0.717) is 13.1 Å². The summed E-state index contributed by atoms with van der Waals surface area (Å²) < 4.78 is 0. The first-order valence-electron chi connectivity index (χ1n) is 7.73. The van der Waals surface area contributed by atoms with Crippen LogP contribution >= 0.6 is 0 Å². The third kappa shape index (κ3) is 7.67. The molecule has 1 atom stereocenters. The van der Waals surface area contributed by atoms with Crippen molar-refractivity contribution in [3.63, 3.8) is 0 Å². The van der Waals surface area contributed by atoms with E-state index in [4.69, 9.17) is 0 Å². The highest BCUT2D eigenvalue weighted by Crippen LogP contribution is 2.10. The van der Waals surface area contributed by atoms with Gasteiger partial charge in [0.2, 0.25) is 5.91 Å². The molecule has 5 nitrogen and oxygen atoms in total. The average Bonchev–Trinajstić information content (AvgIpc) is 2.36. The second kappa shape index (κ2) is 9.07. The molecular formula is C17H27N3O2. The summed E-state index contributed by atoms with van der Waals surface area (Å²) in [5.74, 6) is -0.0495. The fraction of sp³-hybridized carbons (Fsp3) is 0.529. The van der Waals surface area contributed by atoms with Crippen LogP contribution in [0, 0.1) is 13.8 Å². The second-order valence-electron chi connectivity index (χ2n) is 5.84. The van der Waals surface area contributed by atoms with Crippen molar-refractivity contribution in [3.05, 3.63) is 34.9 Å². The standard InChI is InChI=1S/C17H27N3O2/c1-12-8-13(2)10-16(9-12)11-14(3)20-17(22)19-7-5-6-18-15(4)21/h8-10,14H,5-7,11H2,1-4H3,(H,18,21)(H2,19,20,22)/t14-/m1/s1. The van der Waals surface area contributed by atoms with E-state index in [1.807, 2.05) is 6.92 Å². The van der Waals surface area contributed by atoms with Gasteiger partial charge in [0.15, 0.2) is 0 Å². The predicted molar refractivity (Wildman–Crippen MR) is 88.9 cm³/mol. The van der Waals surface area contributed by atoms with Gasteiger partial charge in [-0.1, -0.05) is 29.3 Å². The van der Waals surface area contributed by atoms with Crippen LogP contribution in [0.3, 0.4) is 0 Å². The Morgan fingerprint density at radius 1 is 1.05 bits per heavy atom. The van der Waals surface area contributed by atoms with Crippen molar-refractivity contribution >= 4 is 11.9 Å². The normalized spacial score (nSPS) is 11.6. The van der Waals surface area contributed by atoms with Gasteiger partial charge in [-0.25, -0.2) is 4.79 Å². The molecule has 0 aliphatic carbocycles. The maximum atomic E-state index is 11.8. The van der Waals surface area contributed by atoms with Crippen molar-refractivity contribution in [1.29, 1.82) is 0 Å². The molecule has 0 aliphatic heterocycles. The number of amides is 3. The van der Waals surface area contributed by atoms with Gasteiger partial charge in [-0.15, -0.1) is 0 Å². The molecule has 0 aliphatic rings. The quantitative estimate of drug-likeness (QED) is 0.675. The Hall–Kier alpha value is -2.04. The minimum Gasteiger partial charge on any atom is -0.356 e. The van der Waals surface area contributed by atoms with Gasteiger partial charge in [-0.2, -0.15) is 0 Å². The molecule has 0 unspecified atom stereocenters. The zero-order valence-electron chi connectivity index (χ0n) is 14.0. The maximum absolute atomic E-state index is 11.8. The number of benzene rings is 1. The Labute approximate surface area is 132 Å². The highest BCUT2D eigenvalue weighted by molar-refractivity contribution is 5.74. The highest BCUT2D eigenvalue weighted by Gasteiger charge is 2.08. The number of hydrogen-bond donors (Lipinski definition) is 3. The van der Waals surface area contributed by atoms with Crippen molar-refractivity contribution in [2.75, 3.05) is 13.1 Å². The molecule has 3 amide bonds. The summed E-state index contributed by atoms with van der Waals surface area (Å²) in [6, 6.07) is 6.34. The molecule has 5 heteroatoms. The summed E-state index contributed by atoms with van der Waals surface area (Å²) in [4.78, 5) is 22.5. The van der Waals surface area contributed by atoms with E-state index in [0.717, 1.165) is 12.8 Å². The van der Waals surface area contributed by atoms with E-state index >= 15 is 0 Å². The Balaban J connectivity index is 2.27. The zero-order chi connectivity index (χ0) is 16.5. The number of carbonyl (C=O) groups is 2. The van der Waals surface area contributed by atoms with Crippen LogP contribution in [-0.4, -0.2) is 31.1 Å². The lowest BCUT2D eigenvalue weighted by molar-refractivity contribution is -0.118. The van der Waals surface area contributed by atoms with Crippen LogP contribution in [0.5, 0.6) is 0 Å². The third-order valence-corrected chi connectivity index (χ3v) is 3.21. The smallest absolute Gasteiger partial charge is 0.315 e. The van der Waals surface area contributed by atoms with Crippen molar-refractivity contribution < 1.29 is 9.59 Å². The molecule has 0 radical (unpaired) electrons. The fourth-order valence-electron chi connectivity index (χ4n) is 2.42. The predicted octanol–water partition coefficient (Wildman–Crippen LogP) is 2.06. The minimum atomic E-state index is -0.167. The van der Waals surface area contributed by atoms with E-state index < -0.39 is 0 Å². The van der Waals surface area contributed by atoms with Crippen molar-refractivity contribution in [2.45, 2.75) is 46.6 Å². The molecule has 3 N–H and O–H groups in total. The molecule has 22 heavy (non-hydrogen) atoms. The Morgan fingerprint density at radius 3 is 2.23 bits per heavy atom. The largest absolute Gasteiger partial charge is 0.356 e. The van der Waals surface area contributed by atoms with Crippen LogP contribution in [0.1, 0.15) is 37.0 Å². The second-order valence-corrected chi connectivity index (χ2v) is 5.84. The summed E-state index contributed by atoms with van der Waals surface area (Å²) >= 11 is 0. The summed E-state index contributed by atoms with van der Waals surface area (Å²) in [7, 11) is 0. The minimum absolute atomic E-state index is 0.0495. The molecule has 0 saturated heterocycles. The molecule has 0 aromatic heterocycles. The number of aryl methyl sites for hydroxylation is 2. The van der Waals surface area contributed by atoms with Crippen LogP contribution in [0.4, 0.5) is 4.79 Å². The summed E-state index contributed by atoms with van der Waals surface area (Å²) in [6.07, 6.45) is 1.53. The van der Waals surface area contributed by atoms with Crippen molar-refractivity contribution in [3.8, 4) is 0 Å². The summed E-state index contributed by atoms with van der Waals surface area (Å²) in [6.45, 7) is 8.76. The number of rotatable bonds is 7. The molecule has 1 rings (SSSR count). The first-order valence-corrected chi connectivity index (χ1v) is 7.73. The molecule has 0 fully saturated rings. The summed E-state index contributed by atoms with van der Waals surface area (Å²) in [5, 5.41) is 8.42. The van der Waals surface area contributed by atoms with Gasteiger partial charge in [0.1, 0.15) is 0 Å². The molecule has 0 bridgehead atoms. The Morgan fingerprint density at radius 2 is 1.64 bits per heavy atom. The van der Waals surface area contributed by atoms with Crippen LogP contribution in [0.25, 0.3) is 0 Å². The molecule has 1 aromatic rings. The SMILES string of the molecule is CC(=O)NCCCNC(=O)N[C@H](C)Cc1cc(C)cc(C)c1. The lowest BCUT2D eigenvalue weighted by atomic mass is 10.0. The monoisotopic (exact) mass is 305 g/mol. The van der Waals surface area contributed by atoms with Crippen LogP contribution in [-0.2, 0) is 11.2 Å². The zero-order valence-corrected chi connectivity index (χ0v) is 14.0. The average molecular weight is 305 g/mol. The molecular weight excluding hydrogens is 278 g/mol.